The van der Waals surface area contributed by atoms with E-state index in [0.717, 1.165) is 17.0 Å². The van der Waals surface area contributed by atoms with Crippen LogP contribution in [-0.4, -0.2) is 56.1 Å². The first-order valence-electron chi connectivity index (χ1n) is 12.0. The van der Waals surface area contributed by atoms with Gasteiger partial charge in [0, 0.05) is 63.0 Å². The maximum Gasteiger partial charge on any atom is 0.312 e. The molecule has 2 aromatic heterocycles. The molecule has 0 radical (unpaired) electrons. The molecule has 200 valence electrons. The van der Waals surface area contributed by atoms with Gasteiger partial charge in [-0.15, -0.1) is 0 Å². The van der Waals surface area contributed by atoms with Gasteiger partial charge >= 0.3 is 5.92 Å². The molecule has 0 aliphatic carbocycles. The zero-order valence-corrected chi connectivity index (χ0v) is 21.7. The first-order chi connectivity index (χ1) is 17.6. The molecule has 11 heteroatoms. The summed E-state index contributed by atoms with van der Waals surface area (Å²) in [7, 11) is 4.51. The summed E-state index contributed by atoms with van der Waals surface area (Å²) in [6.45, 7) is 3.94. The maximum absolute atomic E-state index is 14.5. The van der Waals surface area contributed by atoms with E-state index < -0.39 is 29.9 Å². The summed E-state index contributed by atoms with van der Waals surface area (Å²) in [4.78, 5) is 13.4. The van der Waals surface area contributed by atoms with Gasteiger partial charge < -0.3 is 30.0 Å². The number of aromatic nitrogens is 3. The van der Waals surface area contributed by atoms with Gasteiger partial charge in [0.05, 0.1) is 24.4 Å². The molecule has 1 saturated heterocycles. The Bertz CT molecular complexity index is 1270. The number of halogens is 2. The second-order valence-electron chi connectivity index (χ2n) is 9.21. The summed E-state index contributed by atoms with van der Waals surface area (Å²) in [6.07, 6.45) is 1.34. The second-order valence-corrected chi connectivity index (χ2v) is 9.21. The number of anilines is 2. The van der Waals surface area contributed by atoms with E-state index in [9.17, 15) is 8.78 Å². The van der Waals surface area contributed by atoms with Crippen molar-refractivity contribution >= 4 is 22.4 Å². The van der Waals surface area contributed by atoms with Gasteiger partial charge in [-0.05, 0) is 32.0 Å². The van der Waals surface area contributed by atoms with E-state index in [2.05, 4.69) is 25.0 Å². The molecule has 3 N–H and O–H groups in total. The van der Waals surface area contributed by atoms with Crippen molar-refractivity contribution in [2.45, 2.75) is 44.3 Å². The molecule has 3 aromatic rings. The number of nitrogens with one attached hydrogen (secondary N) is 1. The summed E-state index contributed by atoms with van der Waals surface area (Å²) in [6, 6.07) is 6.08. The first kappa shape index (κ1) is 26.9. The minimum atomic E-state index is -3.28. The number of nitrogens with zero attached hydrogens (tertiary/aromatic N) is 3. The standard InChI is InChI=1S/C26H33F2N5O4/c1-15(20-10-17(29)11-23(33-20)26(27,28)14-34-3)30-24-18-12-19(25(36-5)6-8-37-9-7-25)22(35-4)13-21(18)31-16(2)32-24/h10-13,15H,6-9,14H2,1-5H3,(H2,29,33)(H,30,31,32)/t15-/m1/s1. The molecule has 3 heterocycles. The van der Waals surface area contributed by atoms with E-state index in [-0.39, 0.29) is 5.69 Å². The van der Waals surface area contributed by atoms with Crippen LogP contribution in [0.25, 0.3) is 10.9 Å². The Balaban J connectivity index is 1.77. The lowest BCUT2D eigenvalue weighted by molar-refractivity contribution is -0.0956. The highest BCUT2D eigenvalue weighted by atomic mass is 19.3. The number of hydrogen-bond acceptors (Lipinski definition) is 9. The molecular weight excluding hydrogens is 484 g/mol. The van der Waals surface area contributed by atoms with Gasteiger partial charge in [0.15, 0.2) is 0 Å². The fourth-order valence-electron chi connectivity index (χ4n) is 4.71. The number of fused-ring (bicyclic) bond motifs is 1. The van der Waals surface area contributed by atoms with Crippen molar-refractivity contribution in [2.24, 2.45) is 0 Å². The molecule has 1 aromatic carbocycles. The van der Waals surface area contributed by atoms with Crippen molar-refractivity contribution in [2.75, 3.05) is 52.2 Å². The molecule has 1 fully saturated rings. The van der Waals surface area contributed by atoms with Gasteiger partial charge in [0.25, 0.3) is 0 Å². The van der Waals surface area contributed by atoms with Crippen molar-refractivity contribution in [1.82, 2.24) is 15.0 Å². The van der Waals surface area contributed by atoms with Crippen LogP contribution in [0.15, 0.2) is 24.3 Å². The highest BCUT2D eigenvalue weighted by molar-refractivity contribution is 5.91. The first-order valence-corrected chi connectivity index (χ1v) is 12.0. The lowest BCUT2D eigenvalue weighted by atomic mass is 9.84. The van der Waals surface area contributed by atoms with Gasteiger partial charge in [-0.3, -0.25) is 0 Å². The molecular formula is C26H33F2N5O4. The van der Waals surface area contributed by atoms with Crippen LogP contribution < -0.4 is 15.8 Å². The largest absolute Gasteiger partial charge is 0.496 e. The highest BCUT2D eigenvalue weighted by Crippen LogP contribution is 2.43. The molecule has 0 amide bonds. The topological polar surface area (TPSA) is 114 Å². The number of alkyl halides is 2. The third kappa shape index (κ3) is 5.43. The minimum absolute atomic E-state index is 0.182. The highest BCUT2D eigenvalue weighted by Gasteiger charge is 2.38. The van der Waals surface area contributed by atoms with E-state index >= 15 is 0 Å². The molecule has 0 bridgehead atoms. The van der Waals surface area contributed by atoms with Crippen molar-refractivity contribution in [3.63, 3.8) is 0 Å². The number of nitrogens with two attached hydrogens (primary N) is 1. The number of benzene rings is 1. The molecule has 0 saturated carbocycles. The molecule has 4 rings (SSSR count). The van der Waals surface area contributed by atoms with Crippen molar-refractivity contribution < 1.29 is 27.7 Å². The number of pyridine rings is 1. The third-order valence-electron chi connectivity index (χ3n) is 6.68. The fourth-order valence-corrected chi connectivity index (χ4v) is 4.71. The average molecular weight is 518 g/mol. The number of nitrogen functional groups attached to an aromatic ring is 1. The van der Waals surface area contributed by atoms with Crippen molar-refractivity contribution in [3.8, 4) is 5.75 Å². The van der Waals surface area contributed by atoms with E-state index in [1.54, 1.807) is 27.2 Å². The third-order valence-corrected chi connectivity index (χ3v) is 6.68. The average Bonchev–Trinajstić information content (AvgIpc) is 2.87. The zero-order chi connectivity index (χ0) is 26.8. The Kier molecular flexibility index (Phi) is 7.77. The maximum atomic E-state index is 14.5. The predicted octanol–water partition coefficient (Wildman–Crippen LogP) is 4.49. The quantitative estimate of drug-likeness (QED) is 0.424. The van der Waals surface area contributed by atoms with Crippen LogP contribution in [0.2, 0.25) is 0 Å². The summed E-state index contributed by atoms with van der Waals surface area (Å²) >= 11 is 0. The van der Waals surface area contributed by atoms with Crippen LogP contribution in [0.4, 0.5) is 20.3 Å². The zero-order valence-electron chi connectivity index (χ0n) is 21.7. The van der Waals surface area contributed by atoms with Gasteiger partial charge in [0.1, 0.15) is 35.3 Å². The number of aryl methyl sites for hydroxylation is 1. The van der Waals surface area contributed by atoms with E-state index in [1.165, 1.54) is 7.11 Å². The Hall–Kier alpha value is -3.15. The lowest BCUT2D eigenvalue weighted by Crippen LogP contribution is -2.36. The summed E-state index contributed by atoms with van der Waals surface area (Å²) in [5.41, 5.74) is 7.01. The SMILES string of the molecule is COCC(F)(F)c1cc(N)cc([C@@H](C)Nc2nc(C)nc3cc(OC)c(C4(OC)CCOCC4)cc23)n1. The molecule has 1 aliphatic heterocycles. The van der Waals surface area contributed by atoms with Crippen LogP contribution in [0.3, 0.4) is 0 Å². The van der Waals surface area contributed by atoms with Gasteiger partial charge in [-0.1, -0.05) is 0 Å². The van der Waals surface area contributed by atoms with Crippen LogP contribution in [-0.2, 0) is 25.7 Å². The van der Waals surface area contributed by atoms with Crippen molar-refractivity contribution in [1.29, 1.82) is 0 Å². The second kappa shape index (κ2) is 10.7. The van der Waals surface area contributed by atoms with Gasteiger partial charge in [0.2, 0.25) is 0 Å². The van der Waals surface area contributed by atoms with Crippen LogP contribution in [0.1, 0.15) is 48.6 Å². The number of ether oxygens (including phenoxy) is 4. The van der Waals surface area contributed by atoms with Crippen molar-refractivity contribution in [3.05, 3.63) is 47.0 Å². The predicted molar refractivity (Wildman–Crippen MR) is 136 cm³/mol. The monoisotopic (exact) mass is 517 g/mol. The van der Waals surface area contributed by atoms with Crippen LogP contribution >= 0.6 is 0 Å². The summed E-state index contributed by atoms with van der Waals surface area (Å²) < 4.78 is 51.0. The molecule has 9 nitrogen and oxygen atoms in total. The molecule has 37 heavy (non-hydrogen) atoms. The van der Waals surface area contributed by atoms with E-state index in [4.69, 9.17) is 19.9 Å². The summed E-state index contributed by atoms with van der Waals surface area (Å²) in [5, 5.41) is 4.07. The van der Waals surface area contributed by atoms with Crippen LogP contribution in [0.5, 0.6) is 5.75 Å². The number of methoxy groups -OCH3 is 3. The lowest BCUT2D eigenvalue weighted by Gasteiger charge is -2.37. The number of hydrogen-bond donors (Lipinski definition) is 2. The van der Waals surface area contributed by atoms with E-state index in [0.29, 0.717) is 54.7 Å². The van der Waals surface area contributed by atoms with Gasteiger partial charge in [-0.2, -0.15) is 8.78 Å². The summed E-state index contributed by atoms with van der Waals surface area (Å²) in [5.74, 6) is -1.54. The molecule has 1 aliphatic rings. The Labute approximate surface area is 214 Å². The fraction of sp³-hybridized carbons (Fsp3) is 0.500. The smallest absolute Gasteiger partial charge is 0.312 e. The van der Waals surface area contributed by atoms with Crippen LogP contribution in [0, 0.1) is 6.92 Å². The Morgan fingerprint density at radius 3 is 2.49 bits per heavy atom. The minimum Gasteiger partial charge on any atom is -0.496 e. The van der Waals surface area contributed by atoms with Gasteiger partial charge in [-0.25, -0.2) is 15.0 Å². The molecule has 0 unspecified atom stereocenters. The molecule has 0 spiro atoms. The number of rotatable bonds is 9. The molecule has 1 atom stereocenters. The van der Waals surface area contributed by atoms with E-state index in [1.807, 2.05) is 19.1 Å². The Morgan fingerprint density at radius 2 is 1.84 bits per heavy atom. The Morgan fingerprint density at radius 1 is 1.11 bits per heavy atom. The normalized spacial score (nSPS) is 16.5.